The van der Waals surface area contributed by atoms with Crippen LogP contribution in [-0.2, 0) is 0 Å². The van der Waals surface area contributed by atoms with Crippen molar-refractivity contribution < 1.29 is 4.39 Å². The lowest BCUT2D eigenvalue weighted by Crippen LogP contribution is -1.87. The summed E-state index contributed by atoms with van der Waals surface area (Å²) in [6, 6.07) is 6.26. The standard InChI is InChI=1S/C11H9FN4/c12-11-6-3-5-9(10(11)8-13)4-1-2-7-15-16-14/h1,3-6H,2,7H2. The molecule has 16 heavy (non-hydrogen) atoms. The van der Waals surface area contributed by atoms with Gasteiger partial charge in [-0.15, -0.1) is 0 Å². The number of hydrogen-bond donors (Lipinski definition) is 0. The molecule has 1 aromatic carbocycles. The summed E-state index contributed by atoms with van der Waals surface area (Å²) in [4.78, 5) is 2.61. The fourth-order valence-electron chi connectivity index (χ4n) is 1.18. The van der Waals surface area contributed by atoms with Crippen LogP contribution >= 0.6 is 0 Å². The van der Waals surface area contributed by atoms with Crippen molar-refractivity contribution in [1.82, 2.24) is 0 Å². The molecule has 0 bridgehead atoms. The van der Waals surface area contributed by atoms with Gasteiger partial charge in [-0.25, -0.2) is 4.39 Å². The number of halogens is 1. The molecule has 0 aliphatic rings. The van der Waals surface area contributed by atoms with Gasteiger partial charge in [0.25, 0.3) is 0 Å². The predicted octanol–water partition coefficient (Wildman–Crippen LogP) is 3.41. The maximum Gasteiger partial charge on any atom is 0.141 e. The molecule has 0 saturated heterocycles. The molecule has 0 atom stereocenters. The first-order chi connectivity index (χ1) is 7.79. The van der Waals surface area contributed by atoms with E-state index >= 15 is 0 Å². The second-order valence-electron chi connectivity index (χ2n) is 2.96. The van der Waals surface area contributed by atoms with E-state index in [1.807, 2.05) is 6.07 Å². The molecule has 0 heterocycles. The number of rotatable bonds is 4. The molecule has 0 amide bonds. The van der Waals surface area contributed by atoms with Gasteiger partial charge in [0.2, 0.25) is 0 Å². The minimum atomic E-state index is -0.528. The van der Waals surface area contributed by atoms with Crippen molar-refractivity contribution in [1.29, 1.82) is 5.26 Å². The molecule has 80 valence electrons. The second kappa shape index (κ2) is 6.23. The Labute approximate surface area is 92.3 Å². The highest BCUT2D eigenvalue weighted by atomic mass is 19.1. The lowest BCUT2D eigenvalue weighted by atomic mass is 10.1. The average molecular weight is 216 g/mol. The Bertz CT molecular complexity index is 481. The van der Waals surface area contributed by atoms with Gasteiger partial charge in [-0.3, -0.25) is 0 Å². The van der Waals surface area contributed by atoms with Crippen LogP contribution < -0.4 is 0 Å². The molecular weight excluding hydrogens is 207 g/mol. The minimum absolute atomic E-state index is 0.0301. The molecule has 0 aromatic heterocycles. The monoisotopic (exact) mass is 216 g/mol. The first kappa shape index (κ1) is 11.8. The van der Waals surface area contributed by atoms with E-state index in [0.717, 1.165) is 0 Å². The molecule has 0 fully saturated rings. The van der Waals surface area contributed by atoms with Gasteiger partial charge in [0.1, 0.15) is 11.9 Å². The Kier molecular flexibility index (Phi) is 4.58. The maximum atomic E-state index is 13.2. The van der Waals surface area contributed by atoms with Gasteiger partial charge in [-0.05, 0) is 23.6 Å². The van der Waals surface area contributed by atoms with Crippen LogP contribution in [0.1, 0.15) is 17.5 Å². The van der Waals surface area contributed by atoms with E-state index < -0.39 is 5.82 Å². The average Bonchev–Trinajstić information content (AvgIpc) is 2.29. The van der Waals surface area contributed by atoms with Crippen molar-refractivity contribution in [3.8, 4) is 6.07 Å². The van der Waals surface area contributed by atoms with Crippen molar-refractivity contribution in [2.45, 2.75) is 6.42 Å². The van der Waals surface area contributed by atoms with E-state index in [1.165, 1.54) is 6.07 Å². The van der Waals surface area contributed by atoms with E-state index in [-0.39, 0.29) is 5.56 Å². The largest absolute Gasteiger partial charge is 0.206 e. The summed E-state index contributed by atoms with van der Waals surface area (Å²) in [5.74, 6) is -0.528. The molecule has 0 aliphatic heterocycles. The third-order valence-corrected chi connectivity index (χ3v) is 1.91. The number of nitriles is 1. The Morgan fingerprint density at radius 3 is 3.06 bits per heavy atom. The van der Waals surface area contributed by atoms with E-state index in [0.29, 0.717) is 18.5 Å². The highest BCUT2D eigenvalue weighted by Crippen LogP contribution is 2.14. The zero-order valence-electron chi connectivity index (χ0n) is 8.47. The van der Waals surface area contributed by atoms with Crippen LogP contribution in [0.3, 0.4) is 0 Å². The Hall–Kier alpha value is -2.31. The molecule has 0 radical (unpaired) electrons. The molecule has 0 N–H and O–H groups in total. The van der Waals surface area contributed by atoms with Gasteiger partial charge < -0.3 is 0 Å². The van der Waals surface area contributed by atoms with Gasteiger partial charge in [0.15, 0.2) is 0 Å². The first-order valence-corrected chi connectivity index (χ1v) is 4.65. The summed E-state index contributed by atoms with van der Waals surface area (Å²) in [6.45, 7) is 0.351. The quantitative estimate of drug-likeness (QED) is 0.329. The molecule has 0 saturated carbocycles. The second-order valence-corrected chi connectivity index (χ2v) is 2.96. The smallest absolute Gasteiger partial charge is 0.141 e. The van der Waals surface area contributed by atoms with E-state index in [4.69, 9.17) is 10.8 Å². The molecular formula is C11H9FN4. The Balaban J connectivity index is 2.78. The van der Waals surface area contributed by atoms with Crippen LogP contribution in [0.25, 0.3) is 16.5 Å². The third-order valence-electron chi connectivity index (χ3n) is 1.91. The molecule has 1 aromatic rings. The highest BCUT2D eigenvalue weighted by Gasteiger charge is 2.03. The summed E-state index contributed by atoms with van der Waals surface area (Å²) >= 11 is 0. The number of azide groups is 1. The minimum Gasteiger partial charge on any atom is -0.206 e. The van der Waals surface area contributed by atoms with Gasteiger partial charge in [-0.2, -0.15) is 5.26 Å². The Morgan fingerprint density at radius 1 is 1.56 bits per heavy atom. The zero-order chi connectivity index (χ0) is 11.8. The molecule has 1 rings (SSSR count). The van der Waals surface area contributed by atoms with Crippen molar-refractivity contribution >= 4 is 6.08 Å². The van der Waals surface area contributed by atoms with Gasteiger partial charge >= 0.3 is 0 Å². The van der Waals surface area contributed by atoms with Gasteiger partial charge in [0.05, 0.1) is 5.56 Å². The van der Waals surface area contributed by atoms with Gasteiger partial charge in [-0.1, -0.05) is 29.4 Å². The van der Waals surface area contributed by atoms with Crippen molar-refractivity contribution in [3.05, 3.63) is 51.7 Å². The van der Waals surface area contributed by atoms with Crippen molar-refractivity contribution in [2.75, 3.05) is 6.54 Å². The fourth-order valence-corrected chi connectivity index (χ4v) is 1.18. The highest BCUT2D eigenvalue weighted by molar-refractivity contribution is 5.58. The van der Waals surface area contributed by atoms with Crippen LogP contribution in [0.15, 0.2) is 29.4 Å². The molecule has 5 heteroatoms. The summed E-state index contributed by atoms with van der Waals surface area (Å²) in [7, 11) is 0. The van der Waals surface area contributed by atoms with Crippen LogP contribution in [0.5, 0.6) is 0 Å². The zero-order valence-corrected chi connectivity index (χ0v) is 8.47. The molecule has 0 unspecified atom stereocenters. The first-order valence-electron chi connectivity index (χ1n) is 4.65. The third kappa shape index (κ3) is 3.12. The normalized spacial score (nSPS) is 9.75. The Morgan fingerprint density at radius 2 is 2.38 bits per heavy atom. The number of hydrogen-bond acceptors (Lipinski definition) is 2. The van der Waals surface area contributed by atoms with Crippen LogP contribution in [0.4, 0.5) is 4.39 Å². The topological polar surface area (TPSA) is 72.5 Å². The van der Waals surface area contributed by atoms with Crippen LogP contribution in [0.2, 0.25) is 0 Å². The number of benzene rings is 1. The summed E-state index contributed by atoms with van der Waals surface area (Å²) in [5.41, 5.74) is 8.60. The predicted molar refractivity (Wildman–Crippen MR) is 58.8 cm³/mol. The van der Waals surface area contributed by atoms with E-state index in [9.17, 15) is 4.39 Å². The molecule has 0 aliphatic carbocycles. The van der Waals surface area contributed by atoms with Crippen LogP contribution in [0, 0.1) is 17.1 Å². The SMILES string of the molecule is N#Cc1c(F)cccc1C=CCCN=[N+]=[N-]. The lowest BCUT2D eigenvalue weighted by molar-refractivity contribution is 0.623. The lowest BCUT2D eigenvalue weighted by Gasteiger charge is -1.98. The molecule has 4 nitrogen and oxygen atoms in total. The van der Waals surface area contributed by atoms with Crippen molar-refractivity contribution in [3.63, 3.8) is 0 Å². The summed E-state index contributed by atoms with van der Waals surface area (Å²) < 4.78 is 13.2. The summed E-state index contributed by atoms with van der Waals surface area (Å²) in [5, 5.41) is 12.1. The van der Waals surface area contributed by atoms with E-state index in [1.54, 1.807) is 24.3 Å². The number of nitrogens with zero attached hydrogens (tertiary/aromatic N) is 4. The molecule has 0 spiro atoms. The van der Waals surface area contributed by atoms with Gasteiger partial charge in [0, 0.05) is 11.5 Å². The van der Waals surface area contributed by atoms with E-state index in [2.05, 4.69) is 10.0 Å². The fraction of sp³-hybridized carbons (Fsp3) is 0.182. The van der Waals surface area contributed by atoms with Crippen molar-refractivity contribution in [2.24, 2.45) is 5.11 Å². The van der Waals surface area contributed by atoms with Crippen LogP contribution in [-0.4, -0.2) is 6.54 Å². The summed E-state index contributed by atoms with van der Waals surface area (Å²) in [6.07, 6.45) is 3.95. The maximum absolute atomic E-state index is 13.2.